The van der Waals surface area contributed by atoms with Crippen molar-refractivity contribution in [1.29, 1.82) is 0 Å². The number of fused-ring (bicyclic) bond motifs is 1. The second-order valence-corrected chi connectivity index (χ2v) is 12.9. The Morgan fingerprint density at radius 2 is 1.91 bits per heavy atom. The van der Waals surface area contributed by atoms with Crippen molar-refractivity contribution in [3.8, 4) is 17.6 Å². The van der Waals surface area contributed by atoms with Gasteiger partial charge in [-0.15, -0.1) is 21.5 Å². The van der Waals surface area contributed by atoms with E-state index in [2.05, 4.69) is 37.3 Å². The van der Waals surface area contributed by atoms with E-state index in [9.17, 15) is 14.3 Å². The summed E-state index contributed by atoms with van der Waals surface area (Å²) >= 11 is 2.79. The zero-order valence-electron chi connectivity index (χ0n) is 25.5. The number of thiazole rings is 2. The number of anilines is 4. The Morgan fingerprint density at radius 3 is 2.62 bits per heavy atom. The second-order valence-electron chi connectivity index (χ2n) is 10.8. The number of carboxylic acid groups (broad SMARTS) is 1. The average Bonchev–Trinajstić information content (AvgIpc) is 3.61. The summed E-state index contributed by atoms with van der Waals surface area (Å²) < 4.78 is 21.4. The number of aromatic carboxylic acids is 1. The summed E-state index contributed by atoms with van der Waals surface area (Å²) in [5, 5.41) is 23.0. The van der Waals surface area contributed by atoms with Crippen LogP contribution in [-0.4, -0.2) is 70.4 Å². The number of hydrogen-bond acceptors (Lipinski definition) is 11. The number of aryl methyl sites for hydroxylation is 1. The van der Waals surface area contributed by atoms with Gasteiger partial charge < -0.3 is 20.1 Å². The fraction of sp³-hybridized carbons (Fsp3) is 0.281. The van der Waals surface area contributed by atoms with Gasteiger partial charge in [0.25, 0.3) is 0 Å². The first kappa shape index (κ1) is 31.8. The van der Waals surface area contributed by atoms with Gasteiger partial charge in [0, 0.05) is 17.5 Å². The van der Waals surface area contributed by atoms with Crippen LogP contribution >= 0.6 is 22.7 Å². The van der Waals surface area contributed by atoms with Crippen molar-refractivity contribution in [1.82, 2.24) is 25.1 Å². The molecule has 0 unspecified atom stereocenters. The summed E-state index contributed by atoms with van der Waals surface area (Å²) in [6.45, 7) is 4.60. The van der Waals surface area contributed by atoms with Gasteiger partial charge >= 0.3 is 5.97 Å². The normalized spacial score (nSPS) is 11.7. The lowest BCUT2D eigenvalue weighted by atomic mass is 10.1. The minimum Gasteiger partial charge on any atom is -0.490 e. The van der Waals surface area contributed by atoms with E-state index >= 15 is 0 Å². The zero-order chi connectivity index (χ0) is 32.1. The molecule has 232 valence electrons. The van der Waals surface area contributed by atoms with E-state index in [1.807, 2.05) is 63.2 Å². The van der Waals surface area contributed by atoms with E-state index in [1.165, 1.54) is 28.7 Å². The lowest BCUT2D eigenvalue weighted by Crippen LogP contribution is -2.13. The van der Waals surface area contributed by atoms with Crippen LogP contribution in [0.15, 0.2) is 48.5 Å². The van der Waals surface area contributed by atoms with Crippen molar-refractivity contribution in [2.24, 2.45) is 5.92 Å². The molecule has 2 aromatic carbocycles. The van der Waals surface area contributed by atoms with Gasteiger partial charge in [-0.3, -0.25) is 4.90 Å². The first-order valence-corrected chi connectivity index (χ1v) is 15.7. The molecular weight excluding hydrogens is 614 g/mol. The third-order valence-electron chi connectivity index (χ3n) is 6.63. The Morgan fingerprint density at radius 1 is 1.11 bits per heavy atom. The lowest BCUT2D eigenvalue weighted by Gasteiger charge is -2.15. The molecule has 10 nitrogen and oxygen atoms in total. The number of para-hydroxylation sites is 1. The maximum Gasteiger partial charge on any atom is 0.355 e. The Hall–Kier alpha value is -4.64. The molecule has 0 amide bonds. The number of aromatic nitrogens is 4. The monoisotopic (exact) mass is 645 g/mol. The molecule has 5 aromatic rings. The molecule has 0 bridgehead atoms. The number of carbonyl (C=O) groups is 1. The molecule has 2 N–H and O–H groups in total. The van der Waals surface area contributed by atoms with Crippen LogP contribution in [0.25, 0.3) is 10.2 Å². The van der Waals surface area contributed by atoms with E-state index in [-0.39, 0.29) is 24.0 Å². The Labute approximate surface area is 268 Å². The van der Waals surface area contributed by atoms with Crippen LogP contribution in [0.1, 0.15) is 33.4 Å². The fourth-order valence-corrected chi connectivity index (χ4v) is 6.32. The Bertz CT molecular complexity index is 1860. The Kier molecular flexibility index (Phi) is 9.87. The number of ether oxygens (including phenoxy) is 1. The molecule has 0 saturated carbocycles. The van der Waals surface area contributed by atoms with Crippen LogP contribution in [0.2, 0.25) is 0 Å². The number of hydrogen-bond donors (Lipinski definition) is 2. The topological polar surface area (TPSA) is 117 Å². The van der Waals surface area contributed by atoms with Gasteiger partial charge in [-0.25, -0.2) is 19.2 Å². The van der Waals surface area contributed by atoms with Gasteiger partial charge in [0.2, 0.25) is 0 Å². The van der Waals surface area contributed by atoms with Gasteiger partial charge in [-0.05, 0) is 75.3 Å². The molecule has 3 aromatic heterocycles. The van der Waals surface area contributed by atoms with Crippen molar-refractivity contribution in [3.63, 3.8) is 0 Å². The van der Waals surface area contributed by atoms with Crippen LogP contribution in [0.3, 0.4) is 0 Å². The van der Waals surface area contributed by atoms with E-state index < -0.39 is 11.8 Å². The molecule has 1 atom stereocenters. The summed E-state index contributed by atoms with van der Waals surface area (Å²) in [5.74, 6) is 5.40. The molecule has 13 heteroatoms. The molecule has 0 fully saturated rings. The Balaban J connectivity index is 1.24. The smallest absolute Gasteiger partial charge is 0.355 e. The number of benzene rings is 2. The number of carboxylic acids is 1. The summed E-state index contributed by atoms with van der Waals surface area (Å²) in [6.07, 6.45) is 0.387. The molecule has 0 saturated heterocycles. The SMILES string of the molecule is Cc1cc(N(C)c2nc(C(=O)O)c(C[C@H](C)COc3ccc(C#CCN(C)C)cc3F)s2)nnc1Nc1nc2ccccc2s1. The molecule has 0 radical (unpaired) electrons. The van der Waals surface area contributed by atoms with E-state index in [4.69, 9.17) is 4.74 Å². The van der Waals surface area contributed by atoms with Crippen molar-refractivity contribution >= 4 is 60.8 Å². The molecule has 3 heterocycles. The molecule has 0 aliphatic carbocycles. The molecule has 0 spiro atoms. The standard InChI is InChI=1S/C32H32FN7O3S2/c1-19(18-43-24-13-12-21(17-22(24)33)9-8-14-39(3)4)15-26-28(30(41)42)35-32(45-26)40(5)27-16-20(2)29(38-37-27)36-31-34-23-10-6-7-11-25(23)44-31/h6-7,10-13,16-17,19H,14-15,18H2,1-5H3,(H,41,42)(H,34,36,38)/t19-/m0/s1. The number of halogens is 1. The predicted molar refractivity (Wildman–Crippen MR) is 177 cm³/mol. The van der Waals surface area contributed by atoms with Gasteiger partial charge in [0.15, 0.2) is 39.2 Å². The van der Waals surface area contributed by atoms with Crippen LogP contribution in [0.5, 0.6) is 5.75 Å². The van der Waals surface area contributed by atoms with E-state index in [1.54, 1.807) is 24.1 Å². The van der Waals surface area contributed by atoms with Crippen LogP contribution in [0, 0.1) is 30.5 Å². The summed E-state index contributed by atoms with van der Waals surface area (Å²) in [4.78, 5) is 25.3. The van der Waals surface area contributed by atoms with Crippen molar-refractivity contribution in [3.05, 3.63) is 76.0 Å². The van der Waals surface area contributed by atoms with Crippen molar-refractivity contribution < 1.29 is 19.0 Å². The number of nitrogens with zero attached hydrogens (tertiary/aromatic N) is 6. The maximum absolute atomic E-state index is 14.6. The van der Waals surface area contributed by atoms with Crippen molar-refractivity contribution in [2.75, 3.05) is 44.5 Å². The number of nitrogens with one attached hydrogen (secondary N) is 1. The van der Waals surface area contributed by atoms with Gasteiger partial charge in [-0.2, -0.15) is 0 Å². The minimum atomic E-state index is -1.12. The zero-order valence-corrected chi connectivity index (χ0v) is 27.1. The van der Waals surface area contributed by atoms with E-state index in [0.29, 0.717) is 45.3 Å². The lowest BCUT2D eigenvalue weighted by molar-refractivity contribution is 0.0690. The summed E-state index contributed by atoms with van der Waals surface area (Å²) in [6, 6.07) is 14.4. The fourth-order valence-electron chi connectivity index (χ4n) is 4.27. The van der Waals surface area contributed by atoms with Crippen LogP contribution in [-0.2, 0) is 6.42 Å². The van der Waals surface area contributed by atoms with Crippen molar-refractivity contribution in [2.45, 2.75) is 20.3 Å². The third kappa shape index (κ3) is 7.91. The molecule has 0 aliphatic heterocycles. The highest BCUT2D eigenvalue weighted by Crippen LogP contribution is 2.33. The highest BCUT2D eigenvalue weighted by Gasteiger charge is 2.23. The highest BCUT2D eigenvalue weighted by atomic mass is 32.1. The largest absolute Gasteiger partial charge is 0.490 e. The minimum absolute atomic E-state index is 0.0284. The summed E-state index contributed by atoms with van der Waals surface area (Å²) in [7, 11) is 5.59. The summed E-state index contributed by atoms with van der Waals surface area (Å²) in [5.41, 5.74) is 2.29. The third-order valence-corrected chi connectivity index (χ3v) is 8.73. The molecule has 5 rings (SSSR count). The van der Waals surface area contributed by atoms with Gasteiger partial charge in [-0.1, -0.05) is 42.2 Å². The molecule has 45 heavy (non-hydrogen) atoms. The maximum atomic E-state index is 14.6. The average molecular weight is 646 g/mol. The molecular formula is C32H32FN7O3S2. The van der Waals surface area contributed by atoms with Crippen LogP contribution < -0.4 is 15.0 Å². The first-order valence-electron chi connectivity index (χ1n) is 14.1. The van der Waals surface area contributed by atoms with Gasteiger partial charge in [0.05, 0.1) is 23.4 Å². The quantitative estimate of drug-likeness (QED) is 0.157. The van der Waals surface area contributed by atoms with Gasteiger partial charge in [0.1, 0.15) is 0 Å². The number of rotatable bonds is 11. The van der Waals surface area contributed by atoms with E-state index in [0.717, 1.165) is 15.8 Å². The molecule has 0 aliphatic rings. The highest BCUT2D eigenvalue weighted by molar-refractivity contribution is 7.22. The second kappa shape index (κ2) is 14.0. The predicted octanol–water partition coefficient (Wildman–Crippen LogP) is 6.37. The van der Waals surface area contributed by atoms with Crippen LogP contribution in [0.4, 0.5) is 26.3 Å². The first-order chi connectivity index (χ1) is 21.6.